The molecule has 0 unspecified atom stereocenters. The fraction of sp³-hybridized carbons (Fsp3) is 0.176. The molecular formula is C17H15BrS. The predicted octanol–water partition coefficient (Wildman–Crippen LogP) is 5.87. The molecule has 0 N–H and O–H groups in total. The summed E-state index contributed by atoms with van der Waals surface area (Å²) in [4.78, 5) is 1.44. The van der Waals surface area contributed by atoms with E-state index >= 15 is 0 Å². The number of halogens is 1. The van der Waals surface area contributed by atoms with Crippen LogP contribution in [-0.2, 0) is 6.42 Å². The Morgan fingerprint density at radius 1 is 1.00 bits per heavy atom. The van der Waals surface area contributed by atoms with Gasteiger partial charge in [-0.15, -0.1) is 11.3 Å². The summed E-state index contributed by atoms with van der Waals surface area (Å²) in [6.45, 7) is 4.34. The van der Waals surface area contributed by atoms with Crippen LogP contribution in [0.4, 0.5) is 0 Å². The first-order chi connectivity index (χ1) is 9.13. The first kappa shape index (κ1) is 12.9. The molecule has 0 saturated carbocycles. The second-order valence-corrected chi connectivity index (χ2v) is 6.98. The maximum atomic E-state index is 3.60. The topological polar surface area (TPSA) is 0 Å². The van der Waals surface area contributed by atoms with Gasteiger partial charge in [0, 0.05) is 20.5 Å². The normalized spacial score (nSPS) is 11.1. The smallest absolute Gasteiger partial charge is 0.0345 e. The monoisotopic (exact) mass is 330 g/mol. The van der Waals surface area contributed by atoms with Crippen LogP contribution in [-0.4, -0.2) is 0 Å². The number of hydrogen-bond donors (Lipinski definition) is 0. The van der Waals surface area contributed by atoms with Crippen LogP contribution in [0.1, 0.15) is 21.6 Å². The minimum absolute atomic E-state index is 1.03. The standard InChI is InChI=1S/C17H15BrS/c1-11-8-16(18)12(2)7-14(11)10-15-9-13-5-3-4-6-17(13)19-15/h3-9H,10H2,1-2H3. The molecule has 96 valence electrons. The highest BCUT2D eigenvalue weighted by molar-refractivity contribution is 9.10. The summed E-state index contributed by atoms with van der Waals surface area (Å²) in [5.41, 5.74) is 4.09. The second-order valence-electron chi connectivity index (χ2n) is 4.96. The van der Waals surface area contributed by atoms with E-state index in [0.29, 0.717) is 0 Å². The summed E-state index contributed by atoms with van der Waals surface area (Å²) >= 11 is 5.50. The van der Waals surface area contributed by atoms with Crippen molar-refractivity contribution in [2.45, 2.75) is 20.3 Å². The molecule has 2 heteroatoms. The van der Waals surface area contributed by atoms with Gasteiger partial charge in [-0.3, -0.25) is 0 Å². The van der Waals surface area contributed by atoms with Crippen LogP contribution in [0.25, 0.3) is 10.1 Å². The van der Waals surface area contributed by atoms with Crippen LogP contribution < -0.4 is 0 Å². The number of hydrogen-bond acceptors (Lipinski definition) is 1. The van der Waals surface area contributed by atoms with Gasteiger partial charge in [-0.1, -0.05) is 40.2 Å². The fourth-order valence-corrected chi connectivity index (χ4v) is 3.89. The SMILES string of the molecule is Cc1cc(Cc2cc3ccccc3s2)c(C)cc1Br. The average molecular weight is 331 g/mol. The van der Waals surface area contributed by atoms with Gasteiger partial charge in [-0.05, 0) is 54.1 Å². The molecule has 0 bridgehead atoms. The van der Waals surface area contributed by atoms with Crippen molar-refractivity contribution in [3.8, 4) is 0 Å². The molecule has 1 aromatic heterocycles. The van der Waals surface area contributed by atoms with E-state index in [1.807, 2.05) is 11.3 Å². The molecule has 0 saturated heterocycles. The zero-order chi connectivity index (χ0) is 13.4. The van der Waals surface area contributed by atoms with E-state index in [1.165, 1.54) is 36.1 Å². The lowest BCUT2D eigenvalue weighted by Gasteiger charge is -2.07. The molecule has 0 aliphatic heterocycles. The molecule has 2 aromatic carbocycles. The molecule has 0 nitrogen and oxygen atoms in total. The average Bonchev–Trinajstić information content (AvgIpc) is 2.78. The Morgan fingerprint density at radius 2 is 1.79 bits per heavy atom. The third-order valence-electron chi connectivity index (χ3n) is 3.46. The molecule has 0 fully saturated rings. The van der Waals surface area contributed by atoms with Crippen LogP contribution in [0.5, 0.6) is 0 Å². The lowest BCUT2D eigenvalue weighted by Crippen LogP contribution is -1.91. The van der Waals surface area contributed by atoms with Gasteiger partial charge in [0.1, 0.15) is 0 Å². The Hall–Kier alpha value is -1.12. The molecule has 0 aliphatic carbocycles. The quantitative estimate of drug-likeness (QED) is 0.551. The van der Waals surface area contributed by atoms with Gasteiger partial charge in [0.15, 0.2) is 0 Å². The summed E-state index contributed by atoms with van der Waals surface area (Å²) in [7, 11) is 0. The van der Waals surface area contributed by atoms with Crippen molar-refractivity contribution in [2.75, 3.05) is 0 Å². The summed E-state index contributed by atoms with van der Waals surface area (Å²) < 4.78 is 2.58. The third kappa shape index (κ3) is 2.60. The van der Waals surface area contributed by atoms with E-state index in [-0.39, 0.29) is 0 Å². The maximum Gasteiger partial charge on any atom is 0.0345 e. The summed E-state index contributed by atoms with van der Waals surface area (Å²) in [6, 6.07) is 15.4. The van der Waals surface area contributed by atoms with Gasteiger partial charge in [-0.25, -0.2) is 0 Å². The van der Waals surface area contributed by atoms with Crippen LogP contribution in [0, 0.1) is 13.8 Å². The highest BCUT2D eigenvalue weighted by atomic mass is 79.9. The zero-order valence-electron chi connectivity index (χ0n) is 11.0. The maximum absolute atomic E-state index is 3.60. The van der Waals surface area contributed by atoms with E-state index < -0.39 is 0 Å². The Kier molecular flexibility index (Phi) is 3.46. The highest BCUT2D eigenvalue weighted by Crippen LogP contribution is 2.29. The van der Waals surface area contributed by atoms with E-state index in [9.17, 15) is 0 Å². The zero-order valence-corrected chi connectivity index (χ0v) is 13.4. The van der Waals surface area contributed by atoms with Crippen LogP contribution in [0.15, 0.2) is 46.9 Å². The van der Waals surface area contributed by atoms with Gasteiger partial charge in [0.05, 0.1) is 0 Å². The molecule has 0 spiro atoms. The second kappa shape index (κ2) is 5.10. The molecule has 0 aliphatic rings. The van der Waals surface area contributed by atoms with Crippen LogP contribution in [0.2, 0.25) is 0 Å². The number of thiophene rings is 1. The minimum Gasteiger partial charge on any atom is -0.140 e. The summed E-state index contributed by atoms with van der Waals surface area (Å²) in [5, 5.41) is 1.36. The minimum atomic E-state index is 1.03. The predicted molar refractivity (Wildman–Crippen MR) is 88.2 cm³/mol. The van der Waals surface area contributed by atoms with Crippen molar-refractivity contribution in [1.82, 2.24) is 0 Å². The molecule has 0 amide bonds. The molecule has 19 heavy (non-hydrogen) atoms. The highest BCUT2D eigenvalue weighted by Gasteiger charge is 2.06. The first-order valence-corrected chi connectivity index (χ1v) is 7.97. The third-order valence-corrected chi connectivity index (χ3v) is 5.43. The van der Waals surface area contributed by atoms with Crippen molar-refractivity contribution in [3.05, 3.63) is 68.5 Å². The van der Waals surface area contributed by atoms with Gasteiger partial charge < -0.3 is 0 Å². The molecule has 0 radical (unpaired) electrons. The molecule has 3 rings (SSSR count). The molecule has 0 atom stereocenters. The molecular weight excluding hydrogens is 316 g/mol. The lowest BCUT2D eigenvalue weighted by molar-refractivity contribution is 1.17. The van der Waals surface area contributed by atoms with E-state index in [1.54, 1.807) is 0 Å². The lowest BCUT2D eigenvalue weighted by atomic mass is 10.0. The van der Waals surface area contributed by atoms with Gasteiger partial charge in [0.2, 0.25) is 0 Å². The Balaban J connectivity index is 1.98. The van der Waals surface area contributed by atoms with Gasteiger partial charge in [-0.2, -0.15) is 0 Å². The Morgan fingerprint density at radius 3 is 2.58 bits per heavy atom. The largest absolute Gasteiger partial charge is 0.140 e. The fourth-order valence-electron chi connectivity index (χ4n) is 2.34. The van der Waals surface area contributed by atoms with Crippen LogP contribution in [0.3, 0.4) is 0 Å². The van der Waals surface area contributed by atoms with Crippen LogP contribution >= 0.6 is 27.3 Å². The van der Waals surface area contributed by atoms with Gasteiger partial charge in [0.25, 0.3) is 0 Å². The molecule has 1 heterocycles. The van der Waals surface area contributed by atoms with Crippen molar-refractivity contribution in [2.24, 2.45) is 0 Å². The van der Waals surface area contributed by atoms with Crippen molar-refractivity contribution in [3.63, 3.8) is 0 Å². The molecule has 3 aromatic rings. The van der Waals surface area contributed by atoms with Crippen molar-refractivity contribution >= 4 is 37.4 Å². The van der Waals surface area contributed by atoms with Crippen molar-refractivity contribution < 1.29 is 0 Å². The number of fused-ring (bicyclic) bond motifs is 1. The first-order valence-electron chi connectivity index (χ1n) is 6.36. The number of aryl methyl sites for hydroxylation is 2. The van der Waals surface area contributed by atoms with Crippen molar-refractivity contribution in [1.29, 1.82) is 0 Å². The van der Waals surface area contributed by atoms with E-state index in [2.05, 4.69) is 72.2 Å². The Labute approximate surface area is 126 Å². The van der Waals surface area contributed by atoms with E-state index in [4.69, 9.17) is 0 Å². The number of rotatable bonds is 2. The summed E-state index contributed by atoms with van der Waals surface area (Å²) in [6.07, 6.45) is 1.03. The van der Waals surface area contributed by atoms with Gasteiger partial charge >= 0.3 is 0 Å². The van der Waals surface area contributed by atoms with E-state index in [0.717, 1.165) is 6.42 Å². The number of benzene rings is 2. The Bertz CT molecular complexity index is 707. The summed E-state index contributed by atoms with van der Waals surface area (Å²) in [5.74, 6) is 0.